The normalized spacial score (nSPS) is 19.3. The summed E-state index contributed by atoms with van der Waals surface area (Å²) in [6, 6.07) is 0. The van der Waals surface area contributed by atoms with E-state index in [1.54, 1.807) is 0 Å². The van der Waals surface area contributed by atoms with Gasteiger partial charge in [0.15, 0.2) is 0 Å². The van der Waals surface area contributed by atoms with Crippen LogP contribution in [0.3, 0.4) is 0 Å². The summed E-state index contributed by atoms with van der Waals surface area (Å²) in [5.74, 6) is 0. The summed E-state index contributed by atoms with van der Waals surface area (Å²) in [6.45, 7) is 8.49. The minimum Gasteiger partial charge on any atom is -0.380 e. The molecule has 0 saturated carbocycles. The second-order valence-electron chi connectivity index (χ2n) is 8.51. The molecule has 30 heavy (non-hydrogen) atoms. The molecule has 0 atom stereocenters. The van der Waals surface area contributed by atoms with Gasteiger partial charge < -0.3 is 18.9 Å². The molecule has 3 heterocycles. The predicted octanol–water partition coefficient (Wildman–Crippen LogP) is -0.405. The van der Waals surface area contributed by atoms with Crippen molar-refractivity contribution in [1.82, 2.24) is 13.7 Å². The van der Waals surface area contributed by atoms with Crippen LogP contribution in [0.5, 0.6) is 0 Å². The van der Waals surface area contributed by atoms with E-state index in [2.05, 4.69) is 13.8 Å². The fourth-order valence-corrected chi connectivity index (χ4v) is 3.59. The monoisotopic (exact) mass is 427 g/mol. The zero-order valence-electron chi connectivity index (χ0n) is 18.2. The predicted molar refractivity (Wildman–Crippen MR) is 109 cm³/mol. The first kappa shape index (κ1) is 22.9. The molecule has 0 spiro atoms. The molecule has 1 aromatic heterocycles. The van der Waals surface area contributed by atoms with Crippen molar-refractivity contribution in [2.45, 2.75) is 39.8 Å². The Morgan fingerprint density at radius 3 is 1.47 bits per heavy atom. The van der Waals surface area contributed by atoms with Gasteiger partial charge in [0, 0.05) is 17.9 Å². The Morgan fingerprint density at radius 1 is 0.767 bits per heavy atom. The number of hydrogen-bond acceptors (Lipinski definition) is 7. The van der Waals surface area contributed by atoms with Crippen LogP contribution in [0.1, 0.15) is 26.7 Å². The lowest BCUT2D eigenvalue weighted by atomic mass is 9.84. The molecule has 2 aliphatic rings. The molecular formula is C20H33N3O7. The van der Waals surface area contributed by atoms with E-state index in [1.165, 1.54) is 7.05 Å². The Kier molecular flexibility index (Phi) is 7.33. The van der Waals surface area contributed by atoms with Crippen LogP contribution >= 0.6 is 0 Å². The Labute approximate surface area is 175 Å². The molecule has 170 valence electrons. The standard InChI is InChI=1S/C20H33N3O7/c1-4-19(12-29-13-19)10-27-8-6-22-16(24)21(3)17(25)23(18(22)26)7-9-28-11-20(5-2)14-30-15-20/h4-15H2,1-3H3. The van der Waals surface area contributed by atoms with Crippen molar-refractivity contribution in [2.75, 3.05) is 52.9 Å². The van der Waals surface area contributed by atoms with E-state index in [0.29, 0.717) is 39.6 Å². The maximum absolute atomic E-state index is 12.8. The lowest BCUT2D eigenvalue weighted by Crippen LogP contribution is -2.54. The van der Waals surface area contributed by atoms with E-state index in [0.717, 1.165) is 26.5 Å². The molecule has 0 aromatic carbocycles. The van der Waals surface area contributed by atoms with Crippen LogP contribution in [-0.2, 0) is 39.1 Å². The topological polar surface area (TPSA) is 103 Å². The van der Waals surface area contributed by atoms with E-state index in [1.807, 2.05) is 0 Å². The Balaban J connectivity index is 1.60. The molecule has 1 aromatic rings. The third kappa shape index (κ3) is 4.61. The maximum Gasteiger partial charge on any atom is 0.336 e. The van der Waals surface area contributed by atoms with Crippen molar-refractivity contribution < 1.29 is 18.9 Å². The Morgan fingerprint density at radius 2 is 1.17 bits per heavy atom. The highest BCUT2D eigenvalue weighted by atomic mass is 16.5. The zero-order chi connectivity index (χ0) is 21.8. The number of ether oxygens (including phenoxy) is 4. The molecule has 3 rings (SSSR count). The number of hydrogen-bond donors (Lipinski definition) is 0. The average molecular weight is 427 g/mol. The van der Waals surface area contributed by atoms with Crippen LogP contribution in [0.2, 0.25) is 0 Å². The van der Waals surface area contributed by atoms with Gasteiger partial charge in [0.2, 0.25) is 0 Å². The van der Waals surface area contributed by atoms with Gasteiger partial charge in [-0.2, -0.15) is 0 Å². The summed E-state index contributed by atoms with van der Waals surface area (Å²) in [7, 11) is 1.37. The molecule has 0 unspecified atom stereocenters. The average Bonchev–Trinajstić information content (AvgIpc) is 2.68. The first-order valence-electron chi connectivity index (χ1n) is 10.6. The van der Waals surface area contributed by atoms with Crippen molar-refractivity contribution in [2.24, 2.45) is 17.9 Å². The van der Waals surface area contributed by atoms with Crippen LogP contribution in [0.15, 0.2) is 14.4 Å². The fraction of sp³-hybridized carbons (Fsp3) is 0.850. The minimum absolute atomic E-state index is 0.0351. The largest absolute Gasteiger partial charge is 0.380 e. The Hall–Kier alpha value is -1.75. The van der Waals surface area contributed by atoms with Gasteiger partial charge >= 0.3 is 17.1 Å². The van der Waals surface area contributed by atoms with E-state index < -0.39 is 17.1 Å². The van der Waals surface area contributed by atoms with Crippen LogP contribution in [0.4, 0.5) is 0 Å². The minimum atomic E-state index is -0.639. The molecule has 2 fully saturated rings. The molecule has 10 heteroatoms. The molecular weight excluding hydrogens is 394 g/mol. The zero-order valence-corrected chi connectivity index (χ0v) is 18.2. The molecule has 0 bridgehead atoms. The van der Waals surface area contributed by atoms with Gasteiger partial charge in [0.1, 0.15) is 0 Å². The van der Waals surface area contributed by atoms with Gasteiger partial charge in [-0.15, -0.1) is 0 Å². The quantitative estimate of drug-likeness (QED) is 0.418. The van der Waals surface area contributed by atoms with E-state index in [9.17, 15) is 14.4 Å². The van der Waals surface area contributed by atoms with E-state index in [4.69, 9.17) is 18.9 Å². The van der Waals surface area contributed by atoms with Crippen molar-refractivity contribution in [3.8, 4) is 0 Å². The first-order valence-corrected chi connectivity index (χ1v) is 10.6. The summed E-state index contributed by atoms with van der Waals surface area (Å²) in [5.41, 5.74) is -1.84. The van der Waals surface area contributed by atoms with Crippen molar-refractivity contribution in [3.63, 3.8) is 0 Å². The number of nitrogens with zero attached hydrogens (tertiary/aromatic N) is 3. The second kappa shape index (κ2) is 9.59. The van der Waals surface area contributed by atoms with Gasteiger partial charge in [-0.25, -0.2) is 28.1 Å². The second-order valence-corrected chi connectivity index (χ2v) is 8.51. The summed E-state index contributed by atoms with van der Waals surface area (Å²) in [6.07, 6.45) is 1.90. The molecule has 10 nitrogen and oxygen atoms in total. The van der Waals surface area contributed by atoms with Gasteiger partial charge in [0.25, 0.3) is 0 Å². The van der Waals surface area contributed by atoms with Crippen molar-refractivity contribution >= 4 is 0 Å². The van der Waals surface area contributed by atoms with Gasteiger partial charge in [-0.3, -0.25) is 0 Å². The highest BCUT2D eigenvalue weighted by molar-refractivity contribution is 4.85. The lowest BCUT2D eigenvalue weighted by molar-refractivity contribution is -0.150. The van der Waals surface area contributed by atoms with Crippen LogP contribution in [-0.4, -0.2) is 66.6 Å². The van der Waals surface area contributed by atoms with E-state index >= 15 is 0 Å². The van der Waals surface area contributed by atoms with Crippen LogP contribution in [0.25, 0.3) is 0 Å². The molecule has 0 amide bonds. The molecule has 2 aliphatic heterocycles. The summed E-state index contributed by atoms with van der Waals surface area (Å²) in [4.78, 5) is 37.6. The fourth-order valence-electron chi connectivity index (χ4n) is 3.59. The van der Waals surface area contributed by atoms with Crippen LogP contribution in [0, 0.1) is 10.8 Å². The summed E-state index contributed by atoms with van der Waals surface area (Å²) < 4.78 is 25.0. The third-order valence-electron chi connectivity index (χ3n) is 6.37. The number of aromatic nitrogens is 3. The third-order valence-corrected chi connectivity index (χ3v) is 6.37. The highest BCUT2D eigenvalue weighted by Gasteiger charge is 2.37. The smallest absolute Gasteiger partial charge is 0.336 e. The number of rotatable bonds is 12. The molecule has 0 radical (unpaired) electrons. The lowest BCUT2D eigenvalue weighted by Gasteiger charge is -2.40. The Bertz CT molecular complexity index is 814. The van der Waals surface area contributed by atoms with Crippen molar-refractivity contribution in [1.29, 1.82) is 0 Å². The summed E-state index contributed by atoms with van der Waals surface area (Å²) >= 11 is 0. The highest BCUT2D eigenvalue weighted by Crippen LogP contribution is 2.31. The SMILES string of the molecule is CCC1(COCCn2c(=O)n(C)c(=O)n(CCOCC3(CC)COC3)c2=O)COC1. The molecule has 0 aliphatic carbocycles. The molecule has 0 N–H and O–H groups in total. The molecule has 2 saturated heterocycles. The van der Waals surface area contributed by atoms with E-state index in [-0.39, 0.29) is 37.1 Å². The first-order chi connectivity index (χ1) is 14.4. The van der Waals surface area contributed by atoms with Crippen molar-refractivity contribution in [3.05, 3.63) is 31.5 Å². The van der Waals surface area contributed by atoms with Gasteiger partial charge in [0.05, 0.1) is 65.9 Å². The van der Waals surface area contributed by atoms with Gasteiger partial charge in [-0.05, 0) is 12.8 Å². The summed E-state index contributed by atoms with van der Waals surface area (Å²) in [5, 5.41) is 0. The van der Waals surface area contributed by atoms with Gasteiger partial charge in [-0.1, -0.05) is 13.8 Å². The van der Waals surface area contributed by atoms with Crippen LogP contribution < -0.4 is 17.1 Å². The maximum atomic E-state index is 12.8.